The summed E-state index contributed by atoms with van der Waals surface area (Å²) in [6, 6.07) is 0. The highest BCUT2D eigenvalue weighted by Crippen LogP contribution is 2.23. The highest BCUT2D eigenvalue weighted by Gasteiger charge is 2.04. The minimum atomic E-state index is 0.536. The second-order valence-electron chi connectivity index (χ2n) is 2.81. The molecule has 2 aromatic rings. The molecule has 0 saturated heterocycles. The van der Waals surface area contributed by atoms with Crippen LogP contribution in [0.15, 0.2) is 35.0 Å². The van der Waals surface area contributed by atoms with E-state index in [2.05, 4.69) is 20.4 Å². The van der Waals surface area contributed by atoms with Crippen LogP contribution in [0.2, 0.25) is 0 Å². The van der Waals surface area contributed by atoms with Gasteiger partial charge in [0, 0.05) is 19.4 Å². The molecule has 15 heavy (non-hydrogen) atoms. The van der Waals surface area contributed by atoms with Crippen molar-refractivity contribution in [3.63, 3.8) is 0 Å². The van der Waals surface area contributed by atoms with Crippen LogP contribution in [0.25, 0.3) is 0 Å². The number of nitrogens with one attached hydrogen (secondary N) is 1. The van der Waals surface area contributed by atoms with Crippen molar-refractivity contribution >= 4 is 17.6 Å². The lowest BCUT2D eigenvalue weighted by atomic mass is 10.7. The summed E-state index contributed by atoms with van der Waals surface area (Å²) < 4.78 is 1.91. The van der Waals surface area contributed by atoms with E-state index in [1.807, 2.05) is 17.8 Å². The Morgan fingerprint density at radius 3 is 3.00 bits per heavy atom. The zero-order chi connectivity index (χ0) is 10.7. The Kier molecular flexibility index (Phi) is 2.84. The van der Waals surface area contributed by atoms with Crippen LogP contribution in [-0.4, -0.2) is 19.5 Å². The molecule has 0 aliphatic heterocycles. The van der Waals surface area contributed by atoms with E-state index in [0.717, 1.165) is 10.2 Å². The van der Waals surface area contributed by atoms with Crippen molar-refractivity contribution in [1.29, 1.82) is 0 Å². The predicted molar refractivity (Wildman–Crippen MR) is 57.2 cm³/mol. The number of aryl methyl sites for hydroxylation is 1. The Balaban J connectivity index is 2.21. The van der Waals surface area contributed by atoms with Crippen molar-refractivity contribution in [2.45, 2.75) is 10.2 Å². The summed E-state index contributed by atoms with van der Waals surface area (Å²) in [5, 5.41) is 1.61. The third-order valence-corrected chi connectivity index (χ3v) is 2.71. The Morgan fingerprint density at radius 1 is 1.47 bits per heavy atom. The Bertz CT molecular complexity index is 454. The van der Waals surface area contributed by atoms with E-state index in [1.54, 1.807) is 18.6 Å². The molecule has 78 valence electrons. The van der Waals surface area contributed by atoms with Gasteiger partial charge in [0.25, 0.3) is 0 Å². The summed E-state index contributed by atoms with van der Waals surface area (Å²) in [4.78, 5) is 12.4. The van der Waals surface area contributed by atoms with Crippen molar-refractivity contribution < 1.29 is 0 Å². The Hall–Kier alpha value is -1.60. The molecule has 3 N–H and O–H groups in total. The van der Waals surface area contributed by atoms with Crippen molar-refractivity contribution in [3.05, 3.63) is 24.8 Å². The molecule has 0 spiro atoms. The summed E-state index contributed by atoms with van der Waals surface area (Å²) in [6.07, 6.45) is 6.84. The van der Waals surface area contributed by atoms with Crippen molar-refractivity contribution in [3.8, 4) is 0 Å². The monoisotopic (exact) mass is 222 g/mol. The Morgan fingerprint density at radius 2 is 2.33 bits per heavy atom. The van der Waals surface area contributed by atoms with Gasteiger partial charge in [0.05, 0.1) is 12.4 Å². The van der Waals surface area contributed by atoms with Gasteiger partial charge in [-0.05, 0) is 11.8 Å². The molecule has 6 nitrogen and oxygen atoms in total. The molecule has 0 fully saturated rings. The molecule has 0 amide bonds. The maximum Gasteiger partial charge on any atom is 0.174 e. The molecule has 2 rings (SSSR count). The molecule has 0 radical (unpaired) electrons. The largest absolute Gasteiger partial charge is 0.329 e. The van der Waals surface area contributed by atoms with Crippen molar-refractivity contribution in [2.24, 2.45) is 12.9 Å². The quantitative estimate of drug-likeness (QED) is 0.586. The first kappa shape index (κ1) is 9.94. The van der Waals surface area contributed by atoms with Gasteiger partial charge in [0.15, 0.2) is 11.0 Å². The molecule has 2 heterocycles. The van der Waals surface area contributed by atoms with Gasteiger partial charge >= 0.3 is 0 Å². The summed E-state index contributed by atoms with van der Waals surface area (Å²) in [7, 11) is 1.92. The van der Waals surface area contributed by atoms with E-state index >= 15 is 0 Å². The minimum absolute atomic E-state index is 0.536. The summed E-state index contributed by atoms with van der Waals surface area (Å²) in [5.74, 6) is 5.78. The van der Waals surface area contributed by atoms with Gasteiger partial charge < -0.3 is 9.99 Å². The average Bonchev–Trinajstić information content (AvgIpc) is 2.65. The molecule has 0 atom stereocenters. The van der Waals surface area contributed by atoms with Gasteiger partial charge in [-0.1, -0.05) is 0 Å². The molecule has 0 aromatic carbocycles. The van der Waals surface area contributed by atoms with Crippen LogP contribution in [0.1, 0.15) is 0 Å². The number of rotatable bonds is 3. The normalized spacial score (nSPS) is 10.3. The highest BCUT2D eigenvalue weighted by atomic mass is 32.2. The SMILES string of the molecule is Cn1ccnc1Sc1cncc(NN)n1. The summed E-state index contributed by atoms with van der Waals surface area (Å²) in [6.45, 7) is 0. The number of nitrogens with zero attached hydrogens (tertiary/aromatic N) is 4. The van der Waals surface area contributed by atoms with E-state index in [-0.39, 0.29) is 0 Å². The van der Waals surface area contributed by atoms with Crippen LogP contribution in [0.4, 0.5) is 5.82 Å². The van der Waals surface area contributed by atoms with Gasteiger partial charge in [-0.2, -0.15) is 0 Å². The van der Waals surface area contributed by atoms with Crippen molar-refractivity contribution in [2.75, 3.05) is 5.43 Å². The first-order valence-corrected chi connectivity index (χ1v) is 5.05. The molecule has 0 aliphatic rings. The van der Waals surface area contributed by atoms with E-state index in [4.69, 9.17) is 5.84 Å². The molecule has 7 heteroatoms. The first-order valence-electron chi connectivity index (χ1n) is 4.23. The lowest BCUT2D eigenvalue weighted by molar-refractivity contribution is 0.788. The lowest BCUT2D eigenvalue weighted by Gasteiger charge is -2.02. The molecular formula is C8H10N6S. The smallest absolute Gasteiger partial charge is 0.174 e. The maximum atomic E-state index is 5.24. The number of nitrogen functional groups attached to an aromatic ring is 1. The fourth-order valence-corrected chi connectivity index (χ4v) is 1.77. The average molecular weight is 222 g/mol. The lowest BCUT2D eigenvalue weighted by Crippen LogP contribution is -2.08. The van der Waals surface area contributed by atoms with Gasteiger partial charge in [0.2, 0.25) is 0 Å². The first-order chi connectivity index (χ1) is 7.29. The van der Waals surface area contributed by atoms with E-state index in [0.29, 0.717) is 5.82 Å². The number of aromatic nitrogens is 4. The zero-order valence-electron chi connectivity index (χ0n) is 8.08. The number of hydrogen-bond donors (Lipinski definition) is 2. The van der Waals surface area contributed by atoms with Gasteiger partial charge in [-0.15, -0.1) is 0 Å². The van der Waals surface area contributed by atoms with Crippen LogP contribution in [-0.2, 0) is 7.05 Å². The maximum absolute atomic E-state index is 5.24. The zero-order valence-corrected chi connectivity index (χ0v) is 8.90. The van der Waals surface area contributed by atoms with E-state index in [9.17, 15) is 0 Å². The number of anilines is 1. The molecule has 0 unspecified atom stereocenters. The topological polar surface area (TPSA) is 81.7 Å². The van der Waals surface area contributed by atoms with E-state index in [1.165, 1.54) is 11.8 Å². The number of hydrazine groups is 1. The van der Waals surface area contributed by atoms with Crippen LogP contribution in [0, 0.1) is 0 Å². The third kappa shape index (κ3) is 2.25. The molecule has 0 saturated carbocycles. The van der Waals surface area contributed by atoms with Crippen LogP contribution < -0.4 is 11.3 Å². The van der Waals surface area contributed by atoms with Gasteiger partial charge in [-0.3, -0.25) is 4.98 Å². The standard InChI is InChI=1S/C8H10N6S/c1-14-3-2-11-8(14)15-7-5-10-4-6(12-7)13-9/h2-5H,9H2,1H3,(H,12,13). The highest BCUT2D eigenvalue weighted by molar-refractivity contribution is 7.99. The van der Waals surface area contributed by atoms with Crippen LogP contribution in [0.5, 0.6) is 0 Å². The fourth-order valence-electron chi connectivity index (χ4n) is 1.01. The molecule has 0 bridgehead atoms. The van der Waals surface area contributed by atoms with Crippen molar-refractivity contribution in [1.82, 2.24) is 19.5 Å². The number of hydrogen-bond acceptors (Lipinski definition) is 6. The molecular weight excluding hydrogens is 212 g/mol. The summed E-state index contributed by atoms with van der Waals surface area (Å²) in [5.41, 5.74) is 2.45. The predicted octanol–water partition coefficient (Wildman–Crippen LogP) is 0.647. The third-order valence-electron chi connectivity index (χ3n) is 1.73. The second-order valence-corrected chi connectivity index (χ2v) is 3.80. The van der Waals surface area contributed by atoms with E-state index < -0.39 is 0 Å². The molecule has 2 aromatic heterocycles. The van der Waals surface area contributed by atoms with Crippen LogP contribution >= 0.6 is 11.8 Å². The number of nitrogens with two attached hydrogens (primary N) is 1. The van der Waals surface area contributed by atoms with Gasteiger partial charge in [-0.25, -0.2) is 15.8 Å². The summed E-state index contributed by atoms with van der Waals surface area (Å²) >= 11 is 1.43. The van der Waals surface area contributed by atoms with Crippen LogP contribution in [0.3, 0.4) is 0 Å². The van der Waals surface area contributed by atoms with Gasteiger partial charge in [0.1, 0.15) is 5.03 Å². The fraction of sp³-hybridized carbons (Fsp3) is 0.125. The number of imidazole rings is 1. The minimum Gasteiger partial charge on any atom is -0.329 e. The molecule has 0 aliphatic carbocycles. The Labute approximate surface area is 90.9 Å². The second kappa shape index (κ2) is 4.28.